The van der Waals surface area contributed by atoms with E-state index in [-0.39, 0.29) is 0 Å². The number of aliphatic hydroxyl groups is 1. The highest BCUT2D eigenvalue weighted by Crippen LogP contribution is 2.19. The van der Waals surface area contributed by atoms with Crippen molar-refractivity contribution < 1.29 is 5.11 Å². The third kappa shape index (κ3) is 2.87. The fourth-order valence-corrected chi connectivity index (χ4v) is 1.90. The first kappa shape index (κ1) is 12.6. The van der Waals surface area contributed by atoms with Crippen LogP contribution in [0, 0.1) is 0 Å². The number of benzene rings is 1. The average Bonchev–Trinajstić information content (AvgIpc) is 2.77. The van der Waals surface area contributed by atoms with Gasteiger partial charge in [-0.15, -0.1) is 0 Å². The SMILES string of the molecule is CCCn1ncnc1CC(O)c1cccc(N)c1. The molecule has 0 saturated carbocycles. The Morgan fingerprint density at radius 3 is 3.00 bits per heavy atom. The minimum Gasteiger partial charge on any atom is -0.399 e. The Balaban J connectivity index is 2.11. The maximum absolute atomic E-state index is 10.2. The zero-order valence-corrected chi connectivity index (χ0v) is 10.5. The Morgan fingerprint density at radius 1 is 1.44 bits per heavy atom. The Kier molecular flexibility index (Phi) is 3.94. The van der Waals surface area contributed by atoms with Gasteiger partial charge in [-0.25, -0.2) is 4.98 Å². The quantitative estimate of drug-likeness (QED) is 0.785. The van der Waals surface area contributed by atoms with E-state index in [9.17, 15) is 5.11 Å². The van der Waals surface area contributed by atoms with Crippen LogP contribution in [0.5, 0.6) is 0 Å². The van der Waals surface area contributed by atoms with Gasteiger partial charge in [0.1, 0.15) is 12.2 Å². The highest BCUT2D eigenvalue weighted by atomic mass is 16.3. The predicted octanol–water partition coefficient (Wildman–Crippen LogP) is 1.55. The molecule has 2 rings (SSSR count). The minimum atomic E-state index is -0.603. The minimum absolute atomic E-state index is 0.448. The molecule has 0 amide bonds. The van der Waals surface area contributed by atoms with Crippen LogP contribution in [0.25, 0.3) is 0 Å². The second kappa shape index (κ2) is 5.64. The summed E-state index contributed by atoms with van der Waals surface area (Å²) >= 11 is 0. The Bertz CT molecular complexity index is 509. The van der Waals surface area contributed by atoms with Crippen molar-refractivity contribution in [3.63, 3.8) is 0 Å². The molecule has 0 aliphatic heterocycles. The van der Waals surface area contributed by atoms with Gasteiger partial charge in [-0.1, -0.05) is 19.1 Å². The molecule has 1 aromatic carbocycles. The molecule has 5 nitrogen and oxygen atoms in total. The number of nitrogens with two attached hydrogens (primary N) is 1. The molecule has 18 heavy (non-hydrogen) atoms. The van der Waals surface area contributed by atoms with Crippen LogP contribution in [0.4, 0.5) is 5.69 Å². The largest absolute Gasteiger partial charge is 0.399 e. The highest BCUT2D eigenvalue weighted by Gasteiger charge is 2.13. The Labute approximate surface area is 106 Å². The number of aryl methyl sites for hydroxylation is 1. The first-order valence-electron chi connectivity index (χ1n) is 6.11. The number of aromatic nitrogens is 3. The van der Waals surface area contributed by atoms with Gasteiger partial charge >= 0.3 is 0 Å². The number of anilines is 1. The molecular weight excluding hydrogens is 228 g/mol. The standard InChI is InChI=1S/C13H18N4O/c1-2-6-17-13(15-9-16-17)8-12(18)10-4-3-5-11(14)7-10/h3-5,7,9,12,18H,2,6,8,14H2,1H3. The van der Waals surface area contributed by atoms with Crippen molar-refractivity contribution in [2.75, 3.05) is 5.73 Å². The average molecular weight is 246 g/mol. The number of hydrogen-bond acceptors (Lipinski definition) is 4. The summed E-state index contributed by atoms with van der Waals surface area (Å²) in [5, 5.41) is 14.3. The summed E-state index contributed by atoms with van der Waals surface area (Å²) in [6.45, 7) is 2.90. The number of hydrogen-bond donors (Lipinski definition) is 2. The first-order chi connectivity index (χ1) is 8.70. The third-order valence-corrected chi connectivity index (χ3v) is 2.80. The lowest BCUT2D eigenvalue weighted by Gasteiger charge is -2.11. The Morgan fingerprint density at radius 2 is 2.28 bits per heavy atom. The van der Waals surface area contributed by atoms with Crippen LogP contribution >= 0.6 is 0 Å². The van der Waals surface area contributed by atoms with Crippen LogP contribution in [-0.4, -0.2) is 19.9 Å². The van der Waals surface area contributed by atoms with Crippen LogP contribution in [0.1, 0.15) is 30.8 Å². The summed E-state index contributed by atoms with van der Waals surface area (Å²) in [6, 6.07) is 7.28. The van der Waals surface area contributed by atoms with Gasteiger partial charge in [0.05, 0.1) is 6.10 Å². The molecule has 1 aromatic heterocycles. The summed E-state index contributed by atoms with van der Waals surface area (Å²) in [7, 11) is 0. The third-order valence-electron chi connectivity index (χ3n) is 2.80. The lowest BCUT2D eigenvalue weighted by Crippen LogP contribution is -2.10. The highest BCUT2D eigenvalue weighted by molar-refractivity contribution is 5.41. The summed E-state index contributed by atoms with van der Waals surface area (Å²) < 4.78 is 1.83. The van der Waals surface area contributed by atoms with E-state index in [0.29, 0.717) is 12.1 Å². The number of rotatable bonds is 5. The van der Waals surface area contributed by atoms with Crippen molar-refractivity contribution in [3.05, 3.63) is 42.0 Å². The normalized spacial score (nSPS) is 12.6. The fraction of sp³-hybridized carbons (Fsp3) is 0.385. The van der Waals surface area contributed by atoms with E-state index in [1.807, 2.05) is 16.8 Å². The molecule has 1 heterocycles. The molecule has 5 heteroatoms. The smallest absolute Gasteiger partial charge is 0.138 e. The van der Waals surface area contributed by atoms with Crippen LogP contribution < -0.4 is 5.73 Å². The van der Waals surface area contributed by atoms with E-state index in [1.54, 1.807) is 12.1 Å². The van der Waals surface area contributed by atoms with E-state index in [0.717, 1.165) is 24.4 Å². The molecule has 0 spiro atoms. The summed E-state index contributed by atoms with van der Waals surface area (Å²) in [5.74, 6) is 0.798. The zero-order chi connectivity index (χ0) is 13.0. The monoisotopic (exact) mass is 246 g/mol. The molecule has 0 radical (unpaired) electrons. The molecule has 0 saturated heterocycles. The lowest BCUT2D eigenvalue weighted by molar-refractivity contribution is 0.174. The predicted molar refractivity (Wildman–Crippen MR) is 69.8 cm³/mol. The van der Waals surface area contributed by atoms with Crippen molar-refractivity contribution in [1.82, 2.24) is 14.8 Å². The second-order valence-corrected chi connectivity index (χ2v) is 4.29. The summed E-state index contributed by atoms with van der Waals surface area (Å²) in [6.07, 6.45) is 2.36. The van der Waals surface area contributed by atoms with Crippen LogP contribution in [0.3, 0.4) is 0 Å². The Hall–Kier alpha value is -1.88. The molecular formula is C13H18N4O. The fourth-order valence-electron chi connectivity index (χ4n) is 1.90. The number of aliphatic hydroxyl groups excluding tert-OH is 1. The molecule has 1 unspecified atom stereocenters. The van der Waals surface area contributed by atoms with Crippen molar-refractivity contribution in [2.45, 2.75) is 32.4 Å². The van der Waals surface area contributed by atoms with Gasteiger partial charge < -0.3 is 10.8 Å². The van der Waals surface area contributed by atoms with Gasteiger partial charge in [0.2, 0.25) is 0 Å². The van der Waals surface area contributed by atoms with Crippen molar-refractivity contribution in [1.29, 1.82) is 0 Å². The molecule has 0 bridgehead atoms. The van der Waals surface area contributed by atoms with Crippen LogP contribution in [0.2, 0.25) is 0 Å². The van der Waals surface area contributed by atoms with E-state index in [1.165, 1.54) is 6.33 Å². The van der Waals surface area contributed by atoms with Gasteiger partial charge in [-0.3, -0.25) is 4.68 Å². The van der Waals surface area contributed by atoms with Gasteiger partial charge in [0.15, 0.2) is 0 Å². The molecule has 3 N–H and O–H groups in total. The van der Waals surface area contributed by atoms with E-state index >= 15 is 0 Å². The molecule has 0 aliphatic rings. The number of nitrogens with zero attached hydrogens (tertiary/aromatic N) is 3. The van der Waals surface area contributed by atoms with Gasteiger partial charge in [0, 0.05) is 18.7 Å². The maximum atomic E-state index is 10.2. The second-order valence-electron chi connectivity index (χ2n) is 4.29. The molecule has 96 valence electrons. The zero-order valence-electron chi connectivity index (χ0n) is 10.5. The van der Waals surface area contributed by atoms with E-state index in [4.69, 9.17) is 5.73 Å². The van der Waals surface area contributed by atoms with Gasteiger partial charge in [-0.2, -0.15) is 5.10 Å². The van der Waals surface area contributed by atoms with Crippen LogP contribution in [-0.2, 0) is 13.0 Å². The summed E-state index contributed by atoms with van der Waals surface area (Å²) in [4.78, 5) is 4.18. The van der Waals surface area contributed by atoms with Gasteiger partial charge in [0.25, 0.3) is 0 Å². The summed E-state index contributed by atoms with van der Waals surface area (Å²) in [5.41, 5.74) is 7.16. The van der Waals surface area contributed by atoms with E-state index in [2.05, 4.69) is 17.0 Å². The molecule has 1 atom stereocenters. The lowest BCUT2D eigenvalue weighted by atomic mass is 10.1. The maximum Gasteiger partial charge on any atom is 0.138 e. The van der Waals surface area contributed by atoms with Gasteiger partial charge in [-0.05, 0) is 24.1 Å². The van der Waals surface area contributed by atoms with Crippen molar-refractivity contribution in [3.8, 4) is 0 Å². The topological polar surface area (TPSA) is 77.0 Å². The first-order valence-corrected chi connectivity index (χ1v) is 6.11. The van der Waals surface area contributed by atoms with Crippen LogP contribution in [0.15, 0.2) is 30.6 Å². The molecule has 0 fully saturated rings. The van der Waals surface area contributed by atoms with Crippen molar-refractivity contribution >= 4 is 5.69 Å². The van der Waals surface area contributed by atoms with E-state index < -0.39 is 6.10 Å². The number of nitrogen functional groups attached to an aromatic ring is 1. The molecule has 2 aromatic rings. The van der Waals surface area contributed by atoms with Crippen molar-refractivity contribution in [2.24, 2.45) is 0 Å². The molecule has 0 aliphatic carbocycles.